The molecule has 0 bridgehead atoms. The van der Waals surface area contributed by atoms with Gasteiger partial charge in [0.1, 0.15) is 0 Å². The molecule has 0 aliphatic carbocycles. The molecule has 0 aromatic heterocycles. The second kappa shape index (κ2) is 5.80. The molecule has 0 saturated carbocycles. The molecule has 0 spiro atoms. The minimum absolute atomic E-state index is 0.311. The van der Waals surface area contributed by atoms with Gasteiger partial charge in [0, 0.05) is 18.8 Å². The molecule has 0 saturated heterocycles. The van der Waals surface area contributed by atoms with Gasteiger partial charge in [-0.25, -0.2) is 0 Å². The van der Waals surface area contributed by atoms with Crippen molar-refractivity contribution in [2.75, 3.05) is 13.2 Å². The lowest BCUT2D eigenvalue weighted by Crippen LogP contribution is -2.09. The molecule has 0 radical (unpaired) electrons. The zero-order valence-corrected chi connectivity index (χ0v) is 13.5. The zero-order chi connectivity index (χ0) is 15.8. The summed E-state index contributed by atoms with van der Waals surface area (Å²) >= 11 is 0. The van der Waals surface area contributed by atoms with E-state index in [1.807, 2.05) is 13.8 Å². The average molecular weight is 304 g/mol. The molecule has 0 heterocycles. The van der Waals surface area contributed by atoms with Crippen molar-refractivity contribution in [2.45, 2.75) is 20.1 Å². The molecule has 0 amide bonds. The molecule has 2 nitrogen and oxygen atoms in total. The molecule has 0 aliphatic heterocycles. The van der Waals surface area contributed by atoms with Crippen LogP contribution < -0.4 is 0 Å². The lowest BCUT2D eigenvalue weighted by atomic mass is 9.92. The minimum Gasteiger partial charge on any atom is -0.349 e. The van der Waals surface area contributed by atoms with Gasteiger partial charge in [0.05, 0.1) is 0 Å². The summed E-state index contributed by atoms with van der Waals surface area (Å²) in [6.07, 6.45) is -0.311. The van der Waals surface area contributed by atoms with E-state index in [2.05, 4.69) is 54.6 Å². The average Bonchev–Trinajstić information content (AvgIpc) is 2.59. The maximum Gasteiger partial charge on any atom is 0.184 e. The molecule has 4 aromatic carbocycles. The lowest BCUT2D eigenvalue weighted by Gasteiger charge is -2.21. The summed E-state index contributed by atoms with van der Waals surface area (Å²) in [6, 6.07) is 19.6. The number of ether oxygens (including phenoxy) is 2. The Labute approximate surface area is 136 Å². The first-order chi connectivity index (χ1) is 11.3. The first-order valence-electron chi connectivity index (χ1n) is 8.23. The molecule has 0 atom stereocenters. The molecular weight excluding hydrogens is 284 g/mol. The van der Waals surface area contributed by atoms with Crippen LogP contribution in [0.1, 0.15) is 25.7 Å². The van der Waals surface area contributed by atoms with E-state index in [1.165, 1.54) is 32.3 Å². The second-order valence-electron chi connectivity index (χ2n) is 5.75. The van der Waals surface area contributed by atoms with Gasteiger partial charge in [-0.05, 0) is 46.2 Å². The van der Waals surface area contributed by atoms with Crippen LogP contribution in [0.25, 0.3) is 32.3 Å². The van der Waals surface area contributed by atoms with Gasteiger partial charge in [0.25, 0.3) is 0 Å². The molecule has 4 aromatic rings. The highest BCUT2D eigenvalue weighted by molar-refractivity contribution is 6.23. The molecule has 0 aliphatic rings. The van der Waals surface area contributed by atoms with Crippen molar-refractivity contribution in [3.63, 3.8) is 0 Å². The fraction of sp³-hybridized carbons (Fsp3) is 0.238. The Morgan fingerprint density at radius 3 is 1.91 bits per heavy atom. The normalized spacial score (nSPS) is 12.1. The van der Waals surface area contributed by atoms with Crippen LogP contribution >= 0.6 is 0 Å². The second-order valence-corrected chi connectivity index (χ2v) is 5.75. The summed E-state index contributed by atoms with van der Waals surface area (Å²) in [5.41, 5.74) is 1.11. The van der Waals surface area contributed by atoms with Gasteiger partial charge in [-0.1, -0.05) is 54.6 Å². The van der Waals surface area contributed by atoms with E-state index in [1.54, 1.807) is 0 Å². The zero-order valence-electron chi connectivity index (χ0n) is 13.5. The number of hydrogen-bond acceptors (Lipinski definition) is 2. The SMILES string of the molecule is CCOC(OCC)c1ccc2ccc3cccc4ccc1c2c34. The first kappa shape index (κ1) is 14.4. The molecule has 4 rings (SSSR count). The summed E-state index contributed by atoms with van der Waals surface area (Å²) in [7, 11) is 0. The van der Waals surface area contributed by atoms with Crippen LogP contribution in [0.15, 0.2) is 54.6 Å². The van der Waals surface area contributed by atoms with Crippen LogP contribution in [-0.2, 0) is 9.47 Å². The Balaban J connectivity index is 2.06. The standard InChI is InChI=1S/C21H20O2/c1-3-22-21(23-4-2)18-13-11-16-9-8-14-6-5-7-15-10-12-17(18)20(16)19(14)15/h5-13,21H,3-4H2,1-2H3. The van der Waals surface area contributed by atoms with E-state index in [9.17, 15) is 0 Å². The van der Waals surface area contributed by atoms with Crippen LogP contribution in [0.5, 0.6) is 0 Å². The van der Waals surface area contributed by atoms with Gasteiger partial charge in [0.2, 0.25) is 0 Å². The summed E-state index contributed by atoms with van der Waals surface area (Å²) in [4.78, 5) is 0. The molecule has 23 heavy (non-hydrogen) atoms. The minimum atomic E-state index is -0.311. The van der Waals surface area contributed by atoms with E-state index in [0.717, 1.165) is 5.56 Å². The van der Waals surface area contributed by atoms with Gasteiger partial charge >= 0.3 is 0 Å². The van der Waals surface area contributed by atoms with Crippen LogP contribution in [0, 0.1) is 0 Å². The summed E-state index contributed by atoms with van der Waals surface area (Å²) in [6.45, 7) is 5.27. The van der Waals surface area contributed by atoms with Crippen LogP contribution in [0.4, 0.5) is 0 Å². The third kappa shape index (κ3) is 2.26. The van der Waals surface area contributed by atoms with Crippen molar-refractivity contribution in [1.29, 1.82) is 0 Å². The molecule has 2 heteroatoms. The Morgan fingerprint density at radius 2 is 1.26 bits per heavy atom. The van der Waals surface area contributed by atoms with E-state index >= 15 is 0 Å². The fourth-order valence-corrected chi connectivity index (χ4v) is 3.49. The van der Waals surface area contributed by atoms with Gasteiger partial charge in [-0.2, -0.15) is 0 Å². The number of benzene rings is 4. The Hall–Kier alpha value is -2.16. The fourth-order valence-electron chi connectivity index (χ4n) is 3.49. The molecular formula is C21H20O2. The summed E-state index contributed by atoms with van der Waals surface area (Å²) in [5.74, 6) is 0. The predicted molar refractivity (Wildman–Crippen MR) is 96.1 cm³/mol. The van der Waals surface area contributed by atoms with E-state index in [0.29, 0.717) is 13.2 Å². The van der Waals surface area contributed by atoms with Crippen molar-refractivity contribution in [3.05, 3.63) is 60.2 Å². The van der Waals surface area contributed by atoms with Crippen LogP contribution in [-0.4, -0.2) is 13.2 Å². The van der Waals surface area contributed by atoms with Crippen molar-refractivity contribution in [2.24, 2.45) is 0 Å². The largest absolute Gasteiger partial charge is 0.349 e. The Kier molecular flexibility index (Phi) is 3.64. The third-order valence-corrected chi connectivity index (χ3v) is 4.45. The highest BCUT2D eigenvalue weighted by atomic mass is 16.7. The molecule has 0 fully saturated rings. The van der Waals surface area contributed by atoms with Gasteiger partial charge in [-0.15, -0.1) is 0 Å². The van der Waals surface area contributed by atoms with E-state index in [-0.39, 0.29) is 6.29 Å². The van der Waals surface area contributed by atoms with Crippen LogP contribution in [0.2, 0.25) is 0 Å². The number of hydrogen-bond donors (Lipinski definition) is 0. The van der Waals surface area contributed by atoms with Crippen LogP contribution in [0.3, 0.4) is 0 Å². The molecule has 0 N–H and O–H groups in total. The van der Waals surface area contributed by atoms with Crippen molar-refractivity contribution in [3.8, 4) is 0 Å². The predicted octanol–water partition coefficient (Wildman–Crippen LogP) is 5.66. The molecule has 116 valence electrons. The van der Waals surface area contributed by atoms with Crippen molar-refractivity contribution in [1.82, 2.24) is 0 Å². The molecule has 0 unspecified atom stereocenters. The van der Waals surface area contributed by atoms with Gasteiger partial charge in [0.15, 0.2) is 6.29 Å². The Bertz CT molecular complexity index is 936. The summed E-state index contributed by atoms with van der Waals surface area (Å²) < 4.78 is 11.7. The van der Waals surface area contributed by atoms with Crippen molar-refractivity contribution >= 4 is 32.3 Å². The smallest absolute Gasteiger partial charge is 0.184 e. The van der Waals surface area contributed by atoms with Gasteiger partial charge < -0.3 is 9.47 Å². The van der Waals surface area contributed by atoms with Gasteiger partial charge in [-0.3, -0.25) is 0 Å². The van der Waals surface area contributed by atoms with Crippen molar-refractivity contribution < 1.29 is 9.47 Å². The van der Waals surface area contributed by atoms with E-state index < -0.39 is 0 Å². The highest BCUT2D eigenvalue weighted by Crippen LogP contribution is 2.38. The topological polar surface area (TPSA) is 18.5 Å². The monoisotopic (exact) mass is 304 g/mol. The van der Waals surface area contributed by atoms with E-state index in [4.69, 9.17) is 9.47 Å². The maximum atomic E-state index is 5.84. The lowest BCUT2D eigenvalue weighted by molar-refractivity contribution is -0.139. The number of rotatable bonds is 5. The Morgan fingerprint density at radius 1 is 0.696 bits per heavy atom. The summed E-state index contributed by atoms with van der Waals surface area (Å²) in [5, 5.41) is 7.68. The maximum absolute atomic E-state index is 5.84. The first-order valence-corrected chi connectivity index (χ1v) is 8.23. The third-order valence-electron chi connectivity index (χ3n) is 4.45. The quantitative estimate of drug-likeness (QED) is 0.350. The highest BCUT2D eigenvalue weighted by Gasteiger charge is 2.17.